The zero-order valence-electron chi connectivity index (χ0n) is 45.1. The number of halogens is 6. The van der Waals surface area contributed by atoms with E-state index in [2.05, 4.69) is 193 Å². The molecule has 0 radical (unpaired) electrons. The van der Waals surface area contributed by atoms with Gasteiger partial charge < -0.3 is 13.7 Å². The fourth-order valence-corrected chi connectivity index (χ4v) is 13.3. The number of rotatable bonds is 7. The van der Waals surface area contributed by atoms with Crippen molar-refractivity contribution in [3.8, 4) is 61.6 Å². The van der Waals surface area contributed by atoms with Crippen LogP contribution in [0.2, 0.25) is 0 Å². The van der Waals surface area contributed by atoms with Crippen LogP contribution in [0, 0.1) is 0 Å². The van der Waals surface area contributed by atoms with Crippen LogP contribution in [0.1, 0.15) is 11.1 Å². The molecule has 0 saturated heterocycles. The lowest BCUT2D eigenvalue weighted by Gasteiger charge is -2.18. The second-order valence-electron chi connectivity index (χ2n) is 21.8. The lowest BCUT2D eigenvalue weighted by atomic mass is 9.86. The van der Waals surface area contributed by atoms with Crippen molar-refractivity contribution >= 4 is 87.0 Å². The Morgan fingerprint density at radius 2 is 0.447 bits per heavy atom. The third kappa shape index (κ3) is 8.05. The zero-order chi connectivity index (χ0) is 57.3. The minimum absolute atomic E-state index is 0.636. The van der Waals surface area contributed by atoms with Crippen LogP contribution in [0.5, 0.6) is 0 Å². The van der Waals surface area contributed by atoms with E-state index in [1.54, 1.807) is 0 Å². The Balaban J connectivity index is 0.863. The highest BCUT2D eigenvalue weighted by Gasteiger charge is 2.31. The number of para-hydroxylation sites is 2. The topological polar surface area (TPSA) is 14.8 Å². The van der Waals surface area contributed by atoms with Crippen molar-refractivity contribution in [2.75, 3.05) is 0 Å². The lowest BCUT2D eigenvalue weighted by molar-refractivity contribution is -0.138. The number of hydrogen-bond acceptors (Lipinski definition) is 0. The highest BCUT2D eigenvalue weighted by atomic mass is 19.4. The van der Waals surface area contributed by atoms with Gasteiger partial charge in [-0.1, -0.05) is 152 Å². The van der Waals surface area contributed by atoms with E-state index < -0.39 is 23.5 Å². The summed E-state index contributed by atoms with van der Waals surface area (Å²) in [7, 11) is 0. The number of aromatic nitrogens is 3. The predicted molar refractivity (Wildman–Crippen MR) is 336 cm³/mol. The Morgan fingerprint density at radius 1 is 0.200 bits per heavy atom. The molecule has 13 aromatic carbocycles. The molecule has 406 valence electrons. The van der Waals surface area contributed by atoms with Gasteiger partial charge in [0.05, 0.1) is 44.2 Å². The quantitative estimate of drug-likeness (QED) is 0.112. The van der Waals surface area contributed by atoms with Crippen LogP contribution in [0.25, 0.3) is 149 Å². The highest BCUT2D eigenvalue weighted by molar-refractivity contribution is 6.22. The van der Waals surface area contributed by atoms with Crippen molar-refractivity contribution < 1.29 is 26.3 Å². The minimum Gasteiger partial charge on any atom is -0.309 e. The van der Waals surface area contributed by atoms with E-state index in [1.165, 1.54) is 62.5 Å². The SMILES string of the molecule is FC(F)(F)c1ccc(-n2c3ccccc3c3cc(-c4ccc5c(c4)c4cc(-c6ccc7c(c6)c6ccccc6n7-c6ccc(C(F)(F)F)cc6)ccc4n5-c4ccc(-c5c6ccccc6c(-c6ccccc6)c6ccccc56)cc4)ccc32)cc1. The molecule has 0 spiro atoms. The first kappa shape index (κ1) is 50.1. The van der Waals surface area contributed by atoms with Gasteiger partial charge in [0.25, 0.3) is 0 Å². The second-order valence-corrected chi connectivity index (χ2v) is 21.8. The lowest BCUT2D eigenvalue weighted by Crippen LogP contribution is -2.05. The maximum Gasteiger partial charge on any atom is 0.416 e. The number of nitrogens with zero attached hydrogens (tertiary/aromatic N) is 3. The Morgan fingerprint density at radius 3 is 0.776 bits per heavy atom. The van der Waals surface area contributed by atoms with Crippen LogP contribution >= 0.6 is 0 Å². The molecule has 0 aliphatic carbocycles. The number of benzene rings is 13. The first-order valence-corrected chi connectivity index (χ1v) is 28.0. The van der Waals surface area contributed by atoms with Crippen molar-refractivity contribution in [3.63, 3.8) is 0 Å². The third-order valence-corrected chi connectivity index (χ3v) is 17.1. The van der Waals surface area contributed by atoms with Gasteiger partial charge in [0.2, 0.25) is 0 Å². The summed E-state index contributed by atoms with van der Waals surface area (Å²) >= 11 is 0. The van der Waals surface area contributed by atoms with Gasteiger partial charge in [-0.2, -0.15) is 26.3 Å². The maximum absolute atomic E-state index is 13.7. The fourth-order valence-electron chi connectivity index (χ4n) is 13.3. The minimum atomic E-state index is -4.45. The molecule has 0 unspecified atom stereocenters. The molecule has 9 heteroatoms. The summed E-state index contributed by atoms with van der Waals surface area (Å²) in [6, 6.07) is 89.3. The van der Waals surface area contributed by atoms with Crippen LogP contribution < -0.4 is 0 Å². The van der Waals surface area contributed by atoms with Crippen LogP contribution in [0.3, 0.4) is 0 Å². The van der Waals surface area contributed by atoms with Crippen molar-refractivity contribution in [1.82, 2.24) is 13.7 Å². The van der Waals surface area contributed by atoms with Gasteiger partial charge in [-0.05, 0) is 187 Å². The molecule has 0 bridgehead atoms. The second kappa shape index (κ2) is 19.0. The average molecular weight is 1110 g/mol. The van der Waals surface area contributed by atoms with E-state index in [-0.39, 0.29) is 0 Å². The summed E-state index contributed by atoms with van der Waals surface area (Å²) in [6.07, 6.45) is -8.90. The summed E-state index contributed by atoms with van der Waals surface area (Å²) in [5.41, 5.74) is 15.1. The van der Waals surface area contributed by atoms with E-state index >= 15 is 0 Å². The van der Waals surface area contributed by atoms with Gasteiger partial charge in [0, 0.05) is 49.4 Å². The Kier molecular flexibility index (Phi) is 11.2. The summed E-state index contributed by atoms with van der Waals surface area (Å²) in [5, 5.41) is 10.7. The fraction of sp³-hybridized carbons (Fsp3) is 0.0263. The third-order valence-electron chi connectivity index (χ3n) is 17.1. The molecule has 0 atom stereocenters. The van der Waals surface area contributed by atoms with Crippen molar-refractivity contribution in [2.24, 2.45) is 0 Å². The highest BCUT2D eigenvalue weighted by Crippen LogP contribution is 2.46. The predicted octanol–water partition coefficient (Wildman–Crippen LogP) is 22.0. The van der Waals surface area contributed by atoms with Crippen LogP contribution in [-0.2, 0) is 12.4 Å². The van der Waals surface area contributed by atoms with E-state index in [0.29, 0.717) is 11.4 Å². The van der Waals surface area contributed by atoms with Gasteiger partial charge >= 0.3 is 12.4 Å². The average Bonchev–Trinajstić information content (AvgIpc) is 2.08. The smallest absolute Gasteiger partial charge is 0.309 e. The van der Waals surface area contributed by atoms with Crippen LogP contribution in [0.4, 0.5) is 26.3 Å². The molecule has 0 aliphatic heterocycles. The van der Waals surface area contributed by atoms with E-state index in [1.807, 2.05) is 45.5 Å². The molecule has 3 heterocycles. The van der Waals surface area contributed by atoms with Crippen LogP contribution in [-0.4, -0.2) is 13.7 Å². The van der Waals surface area contributed by atoms with Crippen molar-refractivity contribution in [2.45, 2.75) is 12.4 Å². The molecule has 0 N–H and O–H groups in total. The van der Waals surface area contributed by atoms with Gasteiger partial charge in [-0.3, -0.25) is 0 Å². The zero-order valence-corrected chi connectivity index (χ0v) is 45.1. The van der Waals surface area contributed by atoms with Crippen molar-refractivity contribution in [3.05, 3.63) is 284 Å². The van der Waals surface area contributed by atoms with Gasteiger partial charge in [0.15, 0.2) is 0 Å². The number of fused-ring (bicyclic) bond motifs is 11. The summed E-state index contributed by atoms with van der Waals surface area (Å²) < 4.78 is 88.6. The molecule has 0 amide bonds. The molecule has 0 fully saturated rings. The Bertz CT molecular complexity index is 5070. The molecule has 16 aromatic rings. The van der Waals surface area contributed by atoms with E-state index in [9.17, 15) is 26.3 Å². The molecular weight excluding hydrogens is 1070 g/mol. The first-order valence-electron chi connectivity index (χ1n) is 28.0. The molecule has 3 aromatic heterocycles. The van der Waals surface area contributed by atoms with Crippen molar-refractivity contribution in [1.29, 1.82) is 0 Å². The summed E-state index contributed by atoms with van der Waals surface area (Å²) in [6.45, 7) is 0. The van der Waals surface area contributed by atoms with E-state index in [0.717, 1.165) is 123 Å². The molecule has 3 nitrogen and oxygen atoms in total. The Labute approximate surface area is 482 Å². The molecule has 16 rings (SSSR count). The van der Waals surface area contributed by atoms with Gasteiger partial charge in [-0.25, -0.2) is 0 Å². The maximum atomic E-state index is 13.7. The van der Waals surface area contributed by atoms with E-state index in [4.69, 9.17) is 0 Å². The summed E-state index contributed by atoms with van der Waals surface area (Å²) in [5.74, 6) is 0. The molecule has 85 heavy (non-hydrogen) atoms. The molecule has 0 saturated carbocycles. The number of hydrogen-bond donors (Lipinski definition) is 0. The van der Waals surface area contributed by atoms with Crippen LogP contribution in [0.15, 0.2) is 273 Å². The normalized spacial score (nSPS) is 12.4. The summed E-state index contributed by atoms with van der Waals surface area (Å²) in [4.78, 5) is 0. The monoisotopic (exact) mass is 1110 g/mol. The van der Waals surface area contributed by atoms with Gasteiger partial charge in [0.1, 0.15) is 0 Å². The standard InChI is InChI=1S/C76H45F6N3/c77-75(78,79)52-28-34-55(35-29-52)83-67-20-10-8-14-57(67)63-42-48(24-38-69(63)83)50-26-40-71-65(44-50)66-45-51(49-25-39-70-64(43-49)58-15-9-11-21-68(58)84(70)56-36-30-53(31-37-56)76(80,81)82)27-41-72(66)85(71)54-32-22-47(23-33-54)74-61-18-6-4-16-59(61)73(46-12-2-1-3-13-46)60-17-5-7-19-62(60)74/h1-45H. The van der Waals surface area contributed by atoms with Gasteiger partial charge in [-0.15, -0.1) is 0 Å². The molecule has 0 aliphatic rings. The largest absolute Gasteiger partial charge is 0.416 e. The molecular formula is C76H45F6N3. The first-order chi connectivity index (χ1) is 41.4. The number of alkyl halides is 6. The Hall–Kier alpha value is -10.6.